The van der Waals surface area contributed by atoms with Crippen LogP contribution in [0.25, 0.3) is 9.75 Å². The Morgan fingerprint density at radius 3 is 2.38 bits per heavy atom. The lowest BCUT2D eigenvalue weighted by Crippen LogP contribution is -2.04. The highest BCUT2D eigenvalue weighted by molar-refractivity contribution is 7.20. The van der Waals surface area contributed by atoms with Gasteiger partial charge in [0, 0.05) is 10.3 Å². The second-order valence-corrected chi connectivity index (χ2v) is 5.18. The van der Waals surface area contributed by atoms with Gasteiger partial charge >= 0.3 is 6.18 Å². The quantitative estimate of drug-likeness (QED) is 0.684. The lowest BCUT2D eigenvalue weighted by Gasteiger charge is -2.07. The molecule has 2 aromatic heterocycles. The number of rotatable bonds is 1. The number of halogens is 3. The maximum atomic E-state index is 12.7. The third-order valence-corrected chi connectivity index (χ3v) is 4.57. The Kier molecular flexibility index (Phi) is 2.84. The zero-order valence-electron chi connectivity index (χ0n) is 8.61. The van der Waals surface area contributed by atoms with Gasteiger partial charge in [0.1, 0.15) is 0 Å². The van der Waals surface area contributed by atoms with Gasteiger partial charge in [-0.25, -0.2) is 0 Å². The minimum absolute atomic E-state index is 0.305. The van der Waals surface area contributed by atoms with Gasteiger partial charge in [-0.05, 0) is 36.4 Å². The van der Waals surface area contributed by atoms with E-state index in [2.05, 4.69) is 5.38 Å². The largest absolute Gasteiger partial charge is 0.417 e. The number of hydrogen-bond acceptors (Lipinski definition) is 2. The SMILES string of the molecule is Cc1[c]sc(-c2sccc2C(F)(F)F)c1C. The molecule has 0 aliphatic carbocycles. The monoisotopic (exact) mass is 261 g/mol. The van der Waals surface area contributed by atoms with Gasteiger partial charge in [0.25, 0.3) is 0 Å². The van der Waals surface area contributed by atoms with Gasteiger partial charge in [0.15, 0.2) is 0 Å². The Balaban J connectivity index is 2.58. The molecular formula is C11H8F3S2. The molecule has 2 heterocycles. The third-order valence-electron chi connectivity index (χ3n) is 2.39. The zero-order chi connectivity index (χ0) is 11.9. The molecule has 85 valence electrons. The van der Waals surface area contributed by atoms with Crippen molar-refractivity contribution in [3.05, 3.63) is 33.5 Å². The van der Waals surface area contributed by atoms with E-state index in [9.17, 15) is 13.2 Å². The molecule has 0 atom stereocenters. The molecule has 0 aliphatic rings. The molecule has 0 bridgehead atoms. The highest BCUT2D eigenvalue weighted by atomic mass is 32.1. The van der Waals surface area contributed by atoms with E-state index in [0.717, 1.165) is 28.5 Å². The Hall–Kier alpha value is -0.810. The molecule has 0 aromatic carbocycles. The molecule has 0 spiro atoms. The van der Waals surface area contributed by atoms with Gasteiger partial charge in [0.2, 0.25) is 0 Å². The van der Waals surface area contributed by atoms with Crippen molar-refractivity contribution in [3.63, 3.8) is 0 Å². The fourth-order valence-corrected chi connectivity index (χ4v) is 3.47. The normalized spacial score (nSPS) is 12.1. The second kappa shape index (κ2) is 3.89. The predicted octanol–water partition coefficient (Wildman–Crippen LogP) is 4.91. The average Bonchev–Trinajstić information content (AvgIpc) is 2.74. The first-order valence-corrected chi connectivity index (χ1v) is 6.23. The number of hydrogen-bond donors (Lipinski definition) is 0. The van der Waals surface area contributed by atoms with Gasteiger partial charge in [-0.3, -0.25) is 0 Å². The van der Waals surface area contributed by atoms with Crippen LogP contribution in [-0.4, -0.2) is 0 Å². The van der Waals surface area contributed by atoms with Crippen LogP contribution in [0.5, 0.6) is 0 Å². The molecule has 0 saturated carbocycles. The van der Waals surface area contributed by atoms with Crippen molar-refractivity contribution in [3.8, 4) is 9.75 Å². The van der Waals surface area contributed by atoms with Gasteiger partial charge < -0.3 is 0 Å². The Morgan fingerprint density at radius 1 is 1.19 bits per heavy atom. The van der Waals surface area contributed by atoms with Crippen molar-refractivity contribution in [1.29, 1.82) is 0 Å². The summed E-state index contributed by atoms with van der Waals surface area (Å²) in [6, 6.07) is 1.13. The molecule has 0 nitrogen and oxygen atoms in total. The van der Waals surface area contributed by atoms with E-state index < -0.39 is 11.7 Å². The van der Waals surface area contributed by atoms with E-state index in [-0.39, 0.29) is 0 Å². The summed E-state index contributed by atoms with van der Waals surface area (Å²) in [6.45, 7) is 3.69. The minimum atomic E-state index is -4.28. The van der Waals surface area contributed by atoms with Gasteiger partial charge in [-0.15, -0.1) is 22.7 Å². The minimum Gasteiger partial charge on any atom is -0.166 e. The Labute approximate surface area is 99.4 Å². The van der Waals surface area contributed by atoms with Crippen LogP contribution in [0.1, 0.15) is 16.7 Å². The molecule has 0 amide bonds. The van der Waals surface area contributed by atoms with Crippen LogP contribution in [-0.2, 0) is 6.18 Å². The van der Waals surface area contributed by atoms with E-state index in [4.69, 9.17) is 0 Å². The van der Waals surface area contributed by atoms with Crippen LogP contribution < -0.4 is 0 Å². The molecule has 0 aliphatic heterocycles. The van der Waals surface area contributed by atoms with Gasteiger partial charge in [-0.1, -0.05) is 0 Å². The summed E-state index contributed by atoms with van der Waals surface area (Å²) in [5.74, 6) is 0. The van der Waals surface area contributed by atoms with Crippen molar-refractivity contribution in [2.24, 2.45) is 0 Å². The van der Waals surface area contributed by atoms with Crippen LogP contribution in [0.2, 0.25) is 0 Å². The molecule has 1 radical (unpaired) electrons. The summed E-state index contributed by atoms with van der Waals surface area (Å²) in [5, 5.41) is 4.46. The van der Waals surface area contributed by atoms with Crippen LogP contribution in [0.4, 0.5) is 13.2 Å². The molecule has 2 rings (SSSR count). The summed E-state index contributed by atoms with van der Waals surface area (Å²) < 4.78 is 38.1. The Bertz CT molecular complexity index is 506. The Morgan fingerprint density at radius 2 is 1.88 bits per heavy atom. The highest BCUT2D eigenvalue weighted by Gasteiger charge is 2.35. The molecule has 5 heteroatoms. The molecular weight excluding hydrogens is 253 g/mol. The van der Waals surface area contributed by atoms with E-state index in [1.807, 2.05) is 13.8 Å². The maximum Gasteiger partial charge on any atom is 0.417 e. The van der Waals surface area contributed by atoms with Crippen molar-refractivity contribution >= 4 is 22.7 Å². The fourth-order valence-electron chi connectivity index (χ4n) is 1.38. The standard InChI is InChI=1S/C11H8F3S2/c1-6-5-16-9(7(6)2)10-8(3-4-15-10)11(12,13)14/h3-4H,1-2H3. The first kappa shape index (κ1) is 11.7. The summed E-state index contributed by atoms with van der Waals surface area (Å²) in [7, 11) is 0. The van der Waals surface area contributed by atoms with Crippen molar-refractivity contribution in [1.82, 2.24) is 0 Å². The summed E-state index contributed by atoms with van der Waals surface area (Å²) >= 11 is 2.38. The first-order chi connectivity index (χ1) is 7.41. The van der Waals surface area contributed by atoms with E-state index >= 15 is 0 Å². The molecule has 16 heavy (non-hydrogen) atoms. The summed E-state index contributed by atoms with van der Waals surface area (Å²) in [4.78, 5) is 0.985. The van der Waals surface area contributed by atoms with Crippen molar-refractivity contribution in [2.75, 3.05) is 0 Å². The molecule has 0 saturated heterocycles. The predicted molar refractivity (Wildman–Crippen MR) is 60.9 cm³/mol. The lowest BCUT2D eigenvalue weighted by molar-refractivity contribution is -0.136. The topological polar surface area (TPSA) is 0 Å². The average molecular weight is 261 g/mol. The number of aryl methyl sites for hydroxylation is 1. The third kappa shape index (κ3) is 1.89. The van der Waals surface area contributed by atoms with Crippen molar-refractivity contribution < 1.29 is 13.2 Å². The van der Waals surface area contributed by atoms with E-state index in [0.29, 0.717) is 9.75 Å². The maximum absolute atomic E-state index is 12.7. The van der Waals surface area contributed by atoms with Gasteiger partial charge in [0.05, 0.1) is 10.4 Å². The van der Waals surface area contributed by atoms with Crippen molar-refractivity contribution in [2.45, 2.75) is 20.0 Å². The van der Waals surface area contributed by atoms with Crippen LogP contribution in [0.3, 0.4) is 0 Å². The zero-order valence-corrected chi connectivity index (χ0v) is 10.2. The van der Waals surface area contributed by atoms with Crippen LogP contribution in [0, 0.1) is 19.2 Å². The smallest absolute Gasteiger partial charge is 0.166 e. The summed E-state index contributed by atoms with van der Waals surface area (Å²) in [6.07, 6.45) is -4.28. The lowest BCUT2D eigenvalue weighted by atomic mass is 10.1. The summed E-state index contributed by atoms with van der Waals surface area (Å²) in [5.41, 5.74) is 1.26. The molecule has 0 unspecified atom stereocenters. The van der Waals surface area contributed by atoms with Crippen LogP contribution >= 0.6 is 22.7 Å². The van der Waals surface area contributed by atoms with E-state index in [1.54, 1.807) is 0 Å². The fraction of sp³-hybridized carbons (Fsp3) is 0.273. The van der Waals surface area contributed by atoms with Crippen LogP contribution in [0.15, 0.2) is 11.4 Å². The molecule has 0 fully saturated rings. The first-order valence-electron chi connectivity index (χ1n) is 4.54. The van der Waals surface area contributed by atoms with Gasteiger partial charge in [-0.2, -0.15) is 13.2 Å². The number of thiophene rings is 2. The molecule has 0 N–H and O–H groups in total. The second-order valence-electron chi connectivity index (χ2n) is 3.44. The van der Waals surface area contributed by atoms with E-state index in [1.165, 1.54) is 16.7 Å². The highest BCUT2D eigenvalue weighted by Crippen LogP contribution is 2.43. The molecule has 2 aromatic rings. The number of alkyl halides is 3.